The zero-order valence-electron chi connectivity index (χ0n) is 15.4. The summed E-state index contributed by atoms with van der Waals surface area (Å²) in [5.41, 5.74) is 2.83. The predicted octanol–water partition coefficient (Wildman–Crippen LogP) is 2.77. The van der Waals surface area contributed by atoms with Crippen molar-refractivity contribution in [3.05, 3.63) is 54.1 Å². The Morgan fingerprint density at radius 2 is 1.81 bits per heavy atom. The molecule has 1 aliphatic heterocycles. The molecule has 0 saturated carbocycles. The van der Waals surface area contributed by atoms with Crippen molar-refractivity contribution in [2.45, 2.75) is 6.54 Å². The zero-order valence-corrected chi connectivity index (χ0v) is 15.4. The highest BCUT2D eigenvalue weighted by Gasteiger charge is 2.16. The van der Waals surface area contributed by atoms with Crippen molar-refractivity contribution in [3.8, 4) is 5.75 Å². The lowest BCUT2D eigenvalue weighted by molar-refractivity contribution is 0.251. The summed E-state index contributed by atoms with van der Waals surface area (Å²) in [5, 5.41) is 5.79. The van der Waals surface area contributed by atoms with Gasteiger partial charge in [0.05, 0.1) is 12.8 Å². The number of hydrogen-bond acceptors (Lipinski definition) is 4. The Labute approximate surface area is 154 Å². The third kappa shape index (κ3) is 4.67. The molecule has 0 aromatic heterocycles. The number of nitrogens with one attached hydrogen (secondary N) is 2. The summed E-state index contributed by atoms with van der Waals surface area (Å²) in [6.45, 7) is 4.50. The zero-order chi connectivity index (χ0) is 18.4. The number of ether oxygens (including phenoxy) is 1. The Morgan fingerprint density at radius 3 is 2.50 bits per heavy atom. The van der Waals surface area contributed by atoms with E-state index in [1.165, 1.54) is 0 Å². The van der Waals surface area contributed by atoms with Gasteiger partial charge in [0.25, 0.3) is 0 Å². The normalized spacial score (nSPS) is 14.8. The summed E-state index contributed by atoms with van der Waals surface area (Å²) in [6.07, 6.45) is 0. The second-order valence-corrected chi connectivity index (χ2v) is 6.47. The highest BCUT2D eigenvalue weighted by molar-refractivity contribution is 5.91. The van der Waals surface area contributed by atoms with Gasteiger partial charge in [-0.05, 0) is 30.8 Å². The van der Waals surface area contributed by atoms with E-state index in [4.69, 9.17) is 4.74 Å². The van der Waals surface area contributed by atoms with Crippen LogP contribution < -0.4 is 20.3 Å². The van der Waals surface area contributed by atoms with Crippen LogP contribution in [0.3, 0.4) is 0 Å². The van der Waals surface area contributed by atoms with Crippen LogP contribution in [0.1, 0.15) is 5.56 Å². The summed E-state index contributed by atoms with van der Waals surface area (Å²) in [4.78, 5) is 16.9. The van der Waals surface area contributed by atoms with Crippen LogP contribution in [0.5, 0.6) is 5.75 Å². The number of piperazine rings is 1. The molecule has 0 unspecified atom stereocenters. The smallest absolute Gasteiger partial charge is 0.319 e. The number of likely N-dealkylation sites (N-methyl/N-ethyl adjacent to an activating group) is 1. The third-order valence-corrected chi connectivity index (χ3v) is 4.60. The standard InChI is InChI=1S/C20H26N4O2/c1-23-10-12-24(13-11-23)17-8-9-19(26-2)18(14-17)22-20(25)21-15-16-6-4-3-5-7-16/h3-9,14H,10-13,15H2,1-2H3,(H2,21,22,25). The molecule has 1 fully saturated rings. The molecule has 0 atom stereocenters. The van der Waals surface area contributed by atoms with E-state index in [0.717, 1.165) is 37.4 Å². The van der Waals surface area contributed by atoms with Gasteiger partial charge in [-0.2, -0.15) is 0 Å². The Morgan fingerprint density at radius 1 is 1.08 bits per heavy atom. The molecule has 6 heteroatoms. The minimum absolute atomic E-state index is 0.248. The number of amides is 2. The molecule has 2 amide bonds. The SMILES string of the molecule is COc1ccc(N2CCN(C)CC2)cc1NC(=O)NCc1ccccc1. The van der Waals surface area contributed by atoms with E-state index < -0.39 is 0 Å². The van der Waals surface area contributed by atoms with Gasteiger partial charge >= 0.3 is 6.03 Å². The van der Waals surface area contributed by atoms with Crippen molar-refractivity contribution >= 4 is 17.4 Å². The number of anilines is 2. The molecular weight excluding hydrogens is 328 g/mol. The Hall–Kier alpha value is -2.73. The number of carbonyl (C=O) groups excluding carboxylic acids is 1. The van der Waals surface area contributed by atoms with Gasteiger partial charge in [0.2, 0.25) is 0 Å². The quantitative estimate of drug-likeness (QED) is 0.867. The lowest BCUT2D eigenvalue weighted by atomic mass is 10.2. The van der Waals surface area contributed by atoms with Gasteiger partial charge in [0.1, 0.15) is 5.75 Å². The summed E-state index contributed by atoms with van der Waals surface area (Å²) in [5.74, 6) is 0.651. The maximum absolute atomic E-state index is 12.3. The molecule has 2 N–H and O–H groups in total. The summed E-state index contributed by atoms with van der Waals surface area (Å²) in [7, 11) is 3.74. The van der Waals surface area contributed by atoms with Crippen molar-refractivity contribution < 1.29 is 9.53 Å². The minimum Gasteiger partial charge on any atom is -0.495 e. The maximum Gasteiger partial charge on any atom is 0.319 e. The fraction of sp³-hybridized carbons (Fsp3) is 0.350. The first kappa shape index (κ1) is 18.1. The summed E-state index contributed by atoms with van der Waals surface area (Å²) in [6, 6.07) is 15.5. The molecule has 138 valence electrons. The monoisotopic (exact) mass is 354 g/mol. The van der Waals surface area contributed by atoms with Gasteiger partial charge in [-0.25, -0.2) is 4.79 Å². The number of hydrogen-bond donors (Lipinski definition) is 2. The Bertz CT molecular complexity index is 728. The molecule has 0 radical (unpaired) electrons. The highest BCUT2D eigenvalue weighted by atomic mass is 16.5. The van der Waals surface area contributed by atoms with E-state index in [1.807, 2.05) is 48.5 Å². The minimum atomic E-state index is -0.248. The fourth-order valence-corrected chi connectivity index (χ4v) is 3.00. The third-order valence-electron chi connectivity index (χ3n) is 4.60. The predicted molar refractivity (Wildman–Crippen MR) is 105 cm³/mol. The van der Waals surface area contributed by atoms with E-state index in [1.54, 1.807) is 7.11 Å². The average Bonchev–Trinajstić information content (AvgIpc) is 2.68. The number of carbonyl (C=O) groups is 1. The van der Waals surface area contributed by atoms with Gasteiger partial charge in [-0.1, -0.05) is 30.3 Å². The van der Waals surface area contributed by atoms with Gasteiger partial charge in [-0.15, -0.1) is 0 Å². The lowest BCUT2D eigenvalue weighted by Gasteiger charge is -2.34. The molecule has 0 aliphatic carbocycles. The van der Waals surface area contributed by atoms with Crippen LogP contribution in [-0.4, -0.2) is 51.3 Å². The second-order valence-electron chi connectivity index (χ2n) is 6.47. The molecule has 26 heavy (non-hydrogen) atoms. The lowest BCUT2D eigenvalue weighted by Crippen LogP contribution is -2.44. The second kappa shape index (κ2) is 8.58. The number of nitrogens with zero attached hydrogens (tertiary/aromatic N) is 2. The maximum atomic E-state index is 12.3. The molecule has 3 rings (SSSR count). The van der Waals surface area contributed by atoms with Crippen LogP contribution in [0.2, 0.25) is 0 Å². The van der Waals surface area contributed by atoms with E-state index in [-0.39, 0.29) is 6.03 Å². The van der Waals surface area contributed by atoms with Crippen molar-refractivity contribution in [2.24, 2.45) is 0 Å². The number of rotatable bonds is 5. The molecular formula is C20H26N4O2. The molecule has 2 aromatic carbocycles. The van der Waals surface area contributed by atoms with Crippen LogP contribution in [0.15, 0.2) is 48.5 Å². The molecule has 1 saturated heterocycles. The molecule has 1 aliphatic rings. The van der Waals surface area contributed by atoms with Gasteiger partial charge in [-0.3, -0.25) is 0 Å². The highest BCUT2D eigenvalue weighted by Crippen LogP contribution is 2.30. The summed E-state index contributed by atoms with van der Waals surface area (Å²) >= 11 is 0. The van der Waals surface area contributed by atoms with E-state index >= 15 is 0 Å². The van der Waals surface area contributed by atoms with Crippen molar-refractivity contribution in [3.63, 3.8) is 0 Å². The van der Waals surface area contributed by atoms with E-state index in [0.29, 0.717) is 18.0 Å². The van der Waals surface area contributed by atoms with Crippen molar-refractivity contribution in [1.82, 2.24) is 10.2 Å². The number of methoxy groups -OCH3 is 1. The van der Waals surface area contributed by atoms with Crippen LogP contribution >= 0.6 is 0 Å². The van der Waals surface area contributed by atoms with Crippen LogP contribution in [-0.2, 0) is 6.54 Å². The Kier molecular flexibility index (Phi) is 5.96. The first-order valence-electron chi connectivity index (χ1n) is 8.86. The van der Waals surface area contributed by atoms with Crippen molar-refractivity contribution in [2.75, 3.05) is 50.6 Å². The number of benzene rings is 2. The molecule has 0 spiro atoms. The van der Waals surface area contributed by atoms with E-state index in [9.17, 15) is 4.79 Å². The topological polar surface area (TPSA) is 56.8 Å². The molecule has 0 bridgehead atoms. The molecule has 6 nitrogen and oxygen atoms in total. The van der Waals surface area contributed by atoms with Crippen LogP contribution in [0.25, 0.3) is 0 Å². The van der Waals surface area contributed by atoms with Gasteiger partial charge in [0.15, 0.2) is 0 Å². The molecule has 1 heterocycles. The van der Waals surface area contributed by atoms with Crippen molar-refractivity contribution in [1.29, 1.82) is 0 Å². The Balaban J connectivity index is 1.65. The number of urea groups is 1. The fourth-order valence-electron chi connectivity index (χ4n) is 3.00. The van der Waals surface area contributed by atoms with Crippen LogP contribution in [0.4, 0.5) is 16.2 Å². The molecule has 2 aromatic rings. The first-order valence-corrected chi connectivity index (χ1v) is 8.86. The first-order chi connectivity index (χ1) is 12.7. The summed E-state index contributed by atoms with van der Waals surface area (Å²) < 4.78 is 5.40. The van der Waals surface area contributed by atoms with E-state index in [2.05, 4.69) is 27.5 Å². The average molecular weight is 354 g/mol. The van der Waals surface area contributed by atoms with Gasteiger partial charge < -0.3 is 25.2 Å². The van der Waals surface area contributed by atoms with Crippen LogP contribution in [0, 0.1) is 0 Å². The largest absolute Gasteiger partial charge is 0.495 e. The van der Waals surface area contributed by atoms with Gasteiger partial charge in [0, 0.05) is 38.4 Å².